The topological polar surface area (TPSA) is 37.3 Å². The Labute approximate surface area is 116 Å². The molecule has 2 nitrogen and oxygen atoms in total. The molecule has 106 valence electrons. The summed E-state index contributed by atoms with van der Waals surface area (Å²) in [6.07, 6.45) is 3.44. The van der Waals surface area contributed by atoms with Crippen LogP contribution in [0.2, 0.25) is 0 Å². The highest BCUT2D eigenvalue weighted by atomic mass is 16.4. The molecular weight excluding hydrogens is 236 g/mol. The summed E-state index contributed by atoms with van der Waals surface area (Å²) >= 11 is 0. The average Bonchev–Trinajstić information content (AvgIpc) is 2.41. The van der Waals surface area contributed by atoms with Crippen LogP contribution in [0.15, 0.2) is 18.2 Å². The van der Waals surface area contributed by atoms with Crippen LogP contribution in [0.4, 0.5) is 0 Å². The van der Waals surface area contributed by atoms with Gasteiger partial charge in [0.1, 0.15) is 0 Å². The van der Waals surface area contributed by atoms with Gasteiger partial charge in [-0.15, -0.1) is 0 Å². The third kappa shape index (κ3) is 2.99. The Morgan fingerprint density at radius 3 is 2.47 bits per heavy atom. The molecule has 19 heavy (non-hydrogen) atoms. The zero-order valence-electron chi connectivity index (χ0n) is 12.8. The van der Waals surface area contributed by atoms with Gasteiger partial charge >= 0.3 is 5.97 Å². The molecular formula is C17H26O2. The summed E-state index contributed by atoms with van der Waals surface area (Å²) < 4.78 is 0. The molecule has 0 aromatic heterocycles. The Morgan fingerprint density at radius 1 is 1.32 bits per heavy atom. The van der Waals surface area contributed by atoms with Crippen LogP contribution < -0.4 is 0 Å². The predicted molar refractivity (Wildman–Crippen MR) is 79.9 cm³/mol. The molecule has 2 rings (SSSR count). The van der Waals surface area contributed by atoms with Crippen molar-refractivity contribution in [3.63, 3.8) is 0 Å². The number of fused-ring (bicyclic) bond motifs is 1. The average molecular weight is 262 g/mol. The monoisotopic (exact) mass is 262 g/mol. The minimum absolute atomic E-state index is 0.124. The minimum Gasteiger partial charge on any atom is -0.478 e. The molecule has 1 aromatic carbocycles. The van der Waals surface area contributed by atoms with Crippen LogP contribution >= 0.6 is 0 Å². The van der Waals surface area contributed by atoms with Crippen molar-refractivity contribution in [2.24, 2.45) is 5.92 Å². The van der Waals surface area contributed by atoms with Gasteiger partial charge in [0.15, 0.2) is 0 Å². The van der Waals surface area contributed by atoms with E-state index >= 15 is 0 Å². The SMILES string of the molecule is CC.CC(C)C1(C)CCCc2ccc(C(=O)O)cc21. The van der Waals surface area contributed by atoms with E-state index in [9.17, 15) is 4.79 Å². The number of benzene rings is 1. The summed E-state index contributed by atoms with van der Waals surface area (Å²) in [7, 11) is 0. The minimum atomic E-state index is -0.829. The molecule has 1 aromatic rings. The first-order valence-electron chi connectivity index (χ1n) is 7.32. The van der Waals surface area contributed by atoms with Gasteiger partial charge in [-0.05, 0) is 53.9 Å². The molecule has 0 saturated heterocycles. The van der Waals surface area contributed by atoms with Crippen LogP contribution in [0.25, 0.3) is 0 Å². The van der Waals surface area contributed by atoms with E-state index in [-0.39, 0.29) is 5.41 Å². The highest BCUT2D eigenvalue weighted by Gasteiger charge is 2.35. The smallest absolute Gasteiger partial charge is 0.335 e. The molecule has 1 aliphatic rings. The summed E-state index contributed by atoms with van der Waals surface area (Å²) in [5.74, 6) is -0.296. The van der Waals surface area contributed by atoms with E-state index in [1.54, 1.807) is 6.07 Å². The maximum atomic E-state index is 11.1. The predicted octanol–water partition coefficient (Wildman–Crippen LogP) is 4.66. The molecule has 0 heterocycles. The summed E-state index contributed by atoms with van der Waals surface area (Å²) in [6, 6.07) is 5.61. The Balaban J connectivity index is 0.000000861. The van der Waals surface area contributed by atoms with E-state index in [4.69, 9.17) is 5.11 Å². The zero-order chi connectivity index (χ0) is 14.6. The number of carboxylic acids is 1. The third-order valence-corrected chi connectivity index (χ3v) is 4.39. The van der Waals surface area contributed by atoms with Crippen LogP contribution in [-0.2, 0) is 11.8 Å². The molecule has 0 aliphatic heterocycles. The van der Waals surface area contributed by atoms with Crippen molar-refractivity contribution in [1.82, 2.24) is 0 Å². The number of carboxylic acid groups (broad SMARTS) is 1. The van der Waals surface area contributed by atoms with Crippen molar-refractivity contribution >= 4 is 5.97 Å². The molecule has 0 radical (unpaired) electrons. The second-order valence-corrected chi connectivity index (χ2v) is 5.60. The molecule has 1 atom stereocenters. The van der Waals surface area contributed by atoms with E-state index in [0.29, 0.717) is 11.5 Å². The van der Waals surface area contributed by atoms with Gasteiger partial charge < -0.3 is 5.11 Å². The maximum absolute atomic E-state index is 11.1. The molecule has 1 N–H and O–H groups in total. The zero-order valence-corrected chi connectivity index (χ0v) is 12.8. The molecule has 0 saturated carbocycles. The highest BCUT2D eigenvalue weighted by Crippen LogP contribution is 2.42. The third-order valence-electron chi connectivity index (χ3n) is 4.39. The van der Waals surface area contributed by atoms with Crippen molar-refractivity contribution in [2.75, 3.05) is 0 Å². The molecule has 0 spiro atoms. The Hall–Kier alpha value is -1.31. The van der Waals surface area contributed by atoms with E-state index in [0.717, 1.165) is 12.8 Å². The summed E-state index contributed by atoms with van der Waals surface area (Å²) in [5, 5.41) is 9.10. The fourth-order valence-corrected chi connectivity index (χ4v) is 2.84. The van der Waals surface area contributed by atoms with Crippen LogP contribution in [0.3, 0.4) is 0 Å². The number of aryl methyl sites for hydroxylation is 1. The molecule has 1 unspecified atom stereocenters. The second kappa shape index (κ2) is 6.23. The van der Waals surface area contributed by atoms with E-state index in [2.05, 4.69) is 20.8 Å². The van der Waals surface area contributed by atoms with Gasteiger partial charge in [0.25, 0.3) is 0 Å². The molecule has 1 aliphatic carbocycles. The van der Waals surface area contributed by atoms with Crippen LogP contribution in [-0.4, -0.2) is 11.1 Å². The van der Waals surface area contributed by atoms with Gasteiger partial charge in [-0.25, -0.2) is 4.79 Å². The van der Waals surface area contributed by atoms with E-state index in [1.165, 1.54) is 17.5 Å². The first-order chi connectivity index (χ1) is 8.95. The number of hydrogen-bond donors (Lipinski definition) is 1. The first kappa shape index (κ1) is 15.7. The van der Waals surface area contributed by atoms with Crippen molar-refractivity contribution in [1.29, 1.82) is 0 Å². The Kier molecular flexibility index (Phi) is 5.16. The lowest BCUT2D eigenvalue weighted by Gasteiger charge is -2.39. The lowest BCUT2D eigenvalue weighted by atomic mass is 9.65. The first-order valence-corrected chi connectivity index (χ1v) is 7.32. The van der Waals surface area contributed by atoms with Crippen molar-refractivity contribution in [3.8, 4) is 0 Å². The summed E-state index contributed by atoms with van der Waals surface area (Å²) in [5.41, 5.74) is 3.12. The number of carbonyl (C=O) groups is 1. The van der Waals surface area contributed by atoms with Crippen LogP contribution in [0, 0.1) is 5.92 Å². The van der Waals surface area contributed by atoms with Crippen molar-refractivity contribution < 1.29 is 9.90 Å². The lowest BCUT2D eigenvalue weighted by Crippen LogP contribution is -2.33. The van der Waals surface area contributed by atoms with E-state index in [1.807, 2.05) is 26.0 Å². The van der Waals surface area contributed by atoms with Gasteiger partial charge in [-0.3, -0.25) is 0 Å². The maximum Gasteiger partial charge on any atom is 0.335 e. The standard InChI is InChI=1S/C15H20O2.C2H6/c1-10(2)15(3)8-4-5-11-6-7-12(14(16)17)9-13(11)15;1-2/h6-7,9-10H,4-5,8H2,1-3H3,(H,16,17);1-2H3. The fraction of sp³-hybridized carbons (Fsp3) is 0.588. The normalized spacial score (nSPS) is 21.4. The van der Waals surface area contributed by atoms with Gasteiger partial charge in [0.2, 0.25) is 0 Å². The van der Waals surface area contributed by atoms with Gasteiger partial charge in [0.05, 0.1) is 5.56 Å². The van der Waals surface area contributed by atoms with Crippen molar-refractivity contribution in [3.05, 3.63) is 34.9 Å². The number of rotatable bonds is 2. The van der Waals surface area contributed by atoms with Crippen LogP contribution in [0.5, 0.6) is 0 Å². The summed E-state index contributed by atoms with van der Waals surface area (Å²) in [6.45, 7) is 10.7. The fourth-order valence-electron chi connectivity index (χ4n) is 2.84. The van der Waals surface area contributed by atoms with Gasteiger partial charge in [0, 0.05) is 0 Å². The lowest BCUT2D eigenvalue weighted by molar-refractivity contribution is 0.0696. The second-order valence-electron chi connectivity index (χ2n) is 5.60. The molecule has 2 heteroatoms. The molecule has 0 amide bonds. The largest absolute Gasteiger partial charge is 0.478 e. The van der Waals surface area contributed by atoms with Gasteiger partial charge in [-0.2, -0.15) is 0 Å². The number of aromatic carboxylic acids is 1. The highest BCUT2D eigenvalue weighted by molar-refractivity contribution is 5.88. The quantitative estimate of drug-likeness (QED) is 0.841. The Morgan fingerprint density at radius 2 is 1.95 bits per heavy atom. The van der Waals surface area contributed by atoms with Gasteiger partial charge in [-0.1, -0.05) is 40.7 Å². The molecule has 0 fully saturated rings. The van der Waals surface area contributed by atoms with Crippen molar-refractivity contribution in [2.45, 2.75) is 59.3 Å². The number of hydrogen-bond acceptors (Lipinski definition) is 1. The molecule has 0 bridgehead atoms. The Bertz CT molecular complexity index is 449. The summed E-state index contributed by atoms with van der Waals surface area (Å²) in [4.78, 5) is 11.1. The van der Waals surface area contributed by atoms with E-state index < -0.39 is 5.97 Å². The van der Waals surface area contributed by atoms with Crippen LogP contribution in [0.1, 0.15) is 68.9 Å².